The van der Waals surface area contributed by atoms with Crippen molar-refractivity contribution >= 4 is 11.6 Å². The van der Waals surface area contributed by atoms with Gasteiger partial charge in [0.1, 0.15) is 5.76 Å². The normalized spacial score (nSPS) is 21.0. The summed E-state index contributed by atoms with van der Waals surface area (Å²) in [4.78, 5) is 16.4. The van der Waals surface area contributed by atoms with Gasteiger partial charge in [0, 0.05) is 23.7 Å². The van der Waals surface area contributed by atoms with Gasteiger partial charge in [-0.15, -0.1) is 0 Å². The molecular weight excluding hydrogens is 278 g/mol. The summed E-state index contributed by atoms with van der Waals surface area (Å²) in [6.45, 7) is 1.85. The lowest BCUT2D eigenvalue weighted by Gasteiger charge is -2.14. The molecule has 1 aliphatic rings. The van der Waals surface area contributed by atoms with Crippen molar-refractivity contribution in [2.45, 2.75) is 38.6 Å². The molecule has 1 aromatic carbocycles. The molecule has 0 unspecified atom stereocenters. The molecule has 1 amide bonds. The van der Waals surface area contributed by atoms with Crippen LogP contribution in [0.2, 0.25) is 0 Å². The van der Waals surface area contributed by atoms with Crippen molar-refractivity contribution in [3.63, 3.8) is 0 Å². The fourth-order valence-electron chi connectivity index (χ4n) is 2.99. The number of aryl methyl sites for hydroxylation is 1. The molecule has 22 heavy (non-hydrogen) atoms. The van der Waals surface area contributed by atoms with Crippen LogP contribution >= 0.6 is 0 Å². The lowest BCUT2D eigenvalue weighted by atomic mass is 10.00. The molecule has 0 bridgehead atoms. The third kappa shape index (κ3) is 3.36. The third-order valence-corrected chi connectivity index (χ3v) is 4.18. The van der Waals surface area contributed by atoms with Gasteiger partial charge >= 0.3 is 0 Å². The summed E-state index contributed by atoms with van der Waals surface area (Å²) in [6, 6.07) is 7.69. The first-order valence-electron chi connectivity index (χ1n) is 7.70. The van der Waals surface area contributed by atoms with Gasteiger partial charge < -0.3 is 15.5 Å². The molecule has 1 heterocycles. The Balaban J connectivity index is 1.66. The van der Waals surface area contributed by atoms with E-state index in [-0.39, 0.29) is 11.9 Å². The van der Waals surface area contributed by atoms with Crippen LogP contribution in [0.1, 0.15) is 31.4 Å². The first kappa shape index (κ1) is 14.8. The first-order chi connectivity index (χ1) is 10.6. The molecule has 1 aromatic heterocycles. The number of oxazole rings is 1. The molecule has 116 valence electrons. The number of anilines is 1. The summed E-state index contributed by atoms with van der Waals surface area (Å²) in [6.07, 6.45) is 5.37. The van der Waals surface area contributed by atoms with Crippen LogP contribution in [0.4, 0.5) is 5.69 Å². The van der Waals surface area contributed by atoms with Gasteiger partial charge in [0.15, 0.2) is 0 Å². The van der Waals surface area contributed by atoms with Crippen molar-refractivity contribution < 1.29 is 9.21 Å². The number of rotatable bonds is 4. The summed E-state index contributed by atoms with van der Waals surface area (Å²) >= 11 is 0. The zero-order valence-corrected chi connectivity index (χ0v) is 12.7. The minimum absolute atomic E-state index is 0.0167. The molecule has 0 radical (unpaired) electrons. The minimum atomic E-state index is 0.0167. The van der Waals surface area contributed by atoms with Gasteiger partial charge in [-0.25, -0.2) is 4.98 Å². The van der Waals surface area contributed by atoms with Crippen molar-refractivity contribution in [3.05, 3.63) is 36.2 Å². The molecule has 1 fully saturated rings. The van der Waals surface area contributed by atoms with Crippen molar-refractivity contribution in [2.24, 2.45) is 11.7 Å². The van der Waals surface area contributed by atoms with Gasteiger partial charge in [-0.1, -0.05) is 12.5 Å². The number of nitrogens with two attached hydrogens (primary N) is 1. The highest BCUT2D eigenvalue weighted by Gasteiger charge is 2.26. The number of hydrogen-bond donors (Lipinski definition) is 2. The molecular formula is C17H21N3O2. The summed E-state index contributed by atoms with van der Waals surface area (Å²) in [7, 11) is 0. The van der Waals surface area contributed by atoms with Gasteiger partial charge in [-0.2, -0.15) is 0 Å². The topological polar surface area (TPSA) is 81.2 Å². The van der Waals surface area contributed by atoms with E-state index in [1.165, 1.54) is 0 Å². The Morgan fingerprint density at radius 2 is 2.32 bits per heavy atom. The predicted octanol–water partition coefficient (Wildman–Crippen LogP) is 3.11. The van der Waals surface area contributed by atoms with E-state index in [1.54, 1.807) is 6.20 Å². The monoisotopic (exact) mass is 299 g/mol. The molecule has 3 rings (SSSR count). The van der Waals surface area contributed by atoms with E-state index in [0.717, 1.165) is 36.3 Å². The van der Waals surface area contributed by atoms with Crippen LogP contribution in [0.15, 0.2) is 34.9 Å². The highest BCUT2D eigenvalue weighted by molar-refractivity contribution is 5.91. The van der Waals surface area contributed by atoms with Crippen molar-refractivity contribution in [1.29, 1.82) is 0 Å². The van der Waals surface area contributed by atoms with E-state index in [0.29, 0.717) is 18.2 Å². The second-order valence-corrected chi connectivity index (χ2v) is 5.96. The summed E-state index contributed by atoms with van der Waals surface area (Å²) in [5, 5.41) is 2.94. The molecule has 2 atom stereocenters. The quantitative estimate of drug-likeness (QED) is 0.909. The highest BCUT2D eigenvalue weighted by Crippen LogP contribution is 2.27. The fourth-order valence-corrected chi connectivity index (χ4v) is 2.99. The maximum absolute atomic E-state index is 12.2. The van der Waals surface area contributed by atoms with Crippen molar-refractivity contribution in [3.8, 4) is 11.5 Å². The largest absolute Gasteiger partial charge is 0.441 e. The maximum atomic E-state index is 12.2. The Labute approximate surface area is 129 Å². The molecule has 1 saturated carbocycles. The predicted molar refractivity (Wildman–Crippen MR) is 85.2 cm³/mol. The Morgan fingerprint density at radius 1 is 1.45 bits per heavy atom. The van der Waals surface area contributed by atoms with Gasteiger partial charge in [-0.05, 0) is 43.9 Å². The summed E-state index contributed by atoms with van der Waals surface area (Å²) in [5.41, 5.74) is 7.63. The van der Waals surface area contributed by atoms with E-state index in [4.69, 9.17) is 10.2 Å². The zero-order valence-electron chi connectivity index (χ0n) is 12.7. The summed E-state index contributed by atoms with van der Waals surface area (Å²) in [5.74, 6) is 1.65. The van der Waals surface area contributed by atoms with E-state index < -0.39 is 0 Å². The number of benzene rings is 1. The molecule has 3 N–H and O–H groups in total. The number of nitrogens with zero attached hydrogens (tertiary/aromatic N) is 1. The van der Waals surface area contributed by atoms with Gasteiger partial charge in [0.25, 0.3) is 0 Å². The van der Waals surface area contributed by atoms with Gasteiger partial charge in [0.2, 0.25) is 11.8 Å². The zero-order chi connectivity index (χ0) is 15.5. The maximum Gasteiger partial charge on any atom is 0.226 e. The van der Waals surface area contributed by atoms with Gasteiger partial charge in [0.05, 0.1) is 6.20 Å². The van der Waals surface area contributed by atoms with E-state index in [1.807, 2.05) is 31.2 Å². The lowest BCUT2D eigenvalue weighted by Crippen LogP contribution is -2.28. The standard InChI is InChI=1S/C17H21N3O2/c1-11-10-19-17(22-11)13-5-2-6-14(8-13)20-16(21)9-12-4-3-7-15(12)18/h2,5-6,8,10,12,15H,3-4,7,9,18H2,1H3,(H,20,21)/t12-,15+/m0/s1. The third-order valence-electron chi connectivity index (χ3n) is 4.18. The van der Waals surface area contributed by atoms with Crippen LogP contribution < -0.4 is 11.1 Å². The van der Waals surface area contributed by atoms with Gasteiger partial charge in [-0.3, -0.25) is 4.79 Å². The average molecular weight is 299 g/mol. The van der Waals surface area contributed by atoms with E-state index in [2.05, 4.69) is 10.3 Å². The molecule has 1 aliphatic carbocycles. The second-order valence-electron chi connectivity index (χ2n) is 5.96. The number of carbonyl (C=O) groups is 1. The van der Waals surface area contributed by atoms with E-state index in [9.17, 15) is 4.79 Å². The van der Waals surface area contributed by atoms with Crippen LogP contribution in [0.5, 0.6) is 0 Å². The number of aromatic nitrogens is 1. The minimum Gasteiger partial charge on any atom is -0.441 e. The van der Waals surface area contributed by atoms with Crippen LogP contribution in [0, 0.1) is 12.8 Å². The first-order valence-corrected chi connectivity index (χ1v) is 7.70. The van der Waals surface area contributed by atoms with E-state index >= 15 is 0 Å². The second kappa shape index (κ2) is 6.32. The molecule has 0 saturated heterocycles. The number of carbonyl (C=O) groups excluding carboxylic acids is 1. The Morgan fingerprint density at radius 3 is 3.00 bits per heavy atom. The van der Waals surface area contributed by atoms with Crippen LogP contribution in [-0.4, -0.2) is 16.9 Å². The number of nitrogens with one attached hydrogen (secondary N) is 1. The van der Waals surface area contributed by atoms with Crippen LogP contribution in [0.3, 0.4) is 0 Å². The Hall–Kier alpha value is -2.14. The smallest absolute Gasteiger partial charge is 0.226 e. The average Bonchev–Trinajstić information content (AvgIpc) is 3.09. The number of amides is 1. The fraction of sp³-hybridized carbons (Fsp3) is 0.412. The molecule has 5 nitrogen and oxygen atoms in total. The molecule has 0 aliphatic heterocycles. The van der Waals surface area contributed by atoms with Crippen LogP contribution in [0.25, 0.3) is 11.5 Å². The molecule has 0 spiro atoms. The summed E-state index contributed by atoms with van der Waals surface area (Å²) < 4.78 is 5.51. The Bertz CT molecular complexity index is 665. The highest BCUT2D eigenvalue weighted by atomic mass is 16.4. The SMILES string of the molecule is Cc1cnc(-c2cccc(NC(=O)C[C@@H]3CCC[C@H]3N)c2)o1. The molecule has 2 aromatic rings. The van der Waals surface area contributed by atoms with Crippen molar-refractivity contribution in [1.82, 2.24) is 4.98 Å². The lowest BCUT2D eigenvalue weighted by molar-refractivity contribution is -0.117. The molecule has 5 heteroatoms. The Kier molecular flexibility index (Phi) is 4.24. The van der Waals surface area contributed by atoms with Crippen molar-refractivity contribution in [2.75, 3.05) is 5.32 Å². The number of hydrogen-bond acceptors (Lipinski definition) is 4. The van der Waals surface area contributed by atoms with Crippen LogP contribution in [-0.2, 0) is 4.79 Å².